The molecule has 9 aromatic rings. The number of fused-ring (bicyclic) bond motifs is 4. The third-order valence-electron chi connectivity index (χ3n) is 12.3. The second kappa shape index (κ2) is 14.7. The van der Waals surface area contributed by atoms with Crippen LogP contribution in [0.4, 0.5) is 22.7 Å². The predicted octanol–water partition coefficient (Wildman–Crippen LogP) is 7.68. The molecule has 0 fully saturated rings. The van der Waals surface area contributed by atoms with Gasteiger partial charge in [-0.15, -0.1) is 0 Å². The highest BCUT2D eigenvalue weighted by molar-refractivity contribution is 7.70. The number of para-hydroxylation sites is 4. The van der Waals surface area contributed by atoms with E-state index in [1.165, 1.54) is 69.5 Å². The number of anilines is 4. The van der Waals surface area contributed by atoms with Crippen molar-refractivity contribution in [2.24, 2.45) is 0 Å². The topological polar surface area (TPSA) is 6.48 Å². The maximum Gasteiger partial charge on any atom is 0.184 e. The molecule has 2 nitrogen and oxygen atoms in total. The lowest BCUT2D eigenvalue weighted by molar-refractivity contribution is 1.35. The number of nitrogens with zero attached hydrogens (tertiary/aromatic N) is 2. The summed E-state index contributed by atoms with van der Waals surface area (Å²) in [4.78, 5) is 0. The van der Waals surface area contributed by atoms with Gasteiger partial charge in [0.2, 0.25) is 0 Å². The van der Waals surface area contributed by atoms with Gasteiger partial charge < -0.3 is 0 Å². The molecular formula is C54H41N2PSi2. The first-order valence-corrected chi connectivity index (χ1v) is 25.6. The number of rotatable bonds is 7. The summed E-state index contributed by atoms with van der Waals surface area (Å²) in [7, 11) is -6.91. The molecule has 0 atom stereocenters. The van der Waals surface area contributed by atoms with E-state index in [4.69, 9.17) is 0 Å². The average Bonchev–Trinajstić information content (AvgIpc) is 3.33. The Kier molecular flexibility index (Phi) is 8.85. The van der Waals surface area contributed by atoms with E-state index in [0.717, 1.165) is 0 Å². The lowest BCUT2D eigenvalue weighted by Gasteiger charge is -2.52. The molecule has 0 radical (unpaired) electrons. The van der Waals surface area contributed by atoms with Crippen LogP contribution in [-0.2, 0) is 0 Å². The van der Waals surface area contributed by atoms with Crippen LogP contribution in [0.1, 0.15) is 0 Å². The van der Waals surface area contributed by atoms with Crippen molar-refractivity contribution >= 4 is 93.9 Å². The van der Waals surface area contributed by atoms with Crippen molar-refractivity contribution in [3.05, 3.63) is 249 Å². The Labute approximate surface area is 350 Å². The van der Waals surface area contributed by atoms with Crippen molar-refractivity contribution in [3.8, 4) is 0 Å². The van der Waals surface area contributed by atoms with Gasteiger partial charge in [-0.05, 0) is 65.8 Å². The van der Waals surface area contributed by atoms with Gasteiger partial charge in [0, 0.05) is 28.1 Å². The van der Waals surface area contributed by atoms with Gasteiger partial charge in [0.15, 0.2) is 16.1 Å². The fourth-order valence-electron chi connectivity index (χ4n) is 10.1. The van der Waals surface area contributed by atoms with Crippen LogP contribution in [0.15, 0.2) is 249 Å². The molecule has 0 N–H and O–H groups in total. The van der Waals surface area contributed by atoms with E-state index in [1.807, 2.05) is 0 Å². The van der Waals surface area contributed by atoms with E-state index in [-0.39, 0.29) is 0 Å². The van der Waals surface area contributed by atoms with E-state index in [9.17, 15) is 0 Å². The van der Waals surface area contributed by atoms with Crippen LogP contribution in [0.3, 0.4) is 0 Å². The summed E-state index contributed by atoms with van der Waals surface area (Å²) >= 11 is 0. The van der Waals surface area contributed by atoms with Crippen LogP contribution in [0, 0.1) is 0 Å². The highest BCUT2D eigenvalue weighted by Crippen LogP contribution is 2.57. The number of benzene rings is 9. The van der Waals surface area contributed by atoms with Crippen molar-refractivity contribution in [2.45, 2.75) is 0 Å². The first kappa shape index (κ1) is 35.6. The smallest absolute Gasteiger partial charge is 0.184 e. The largest absolute Gasteiger partial charge is 0.299 e. The second-order valence-corrected chi connectivity index (χ2v) is 24.6. The SMILES string of the molecule is c1ccc(P(N2c3ccccc3[Si](c3ccccc3)(c3ccccc3)c3ccccc32)N2c3ccccc3[Si](c3ccccc3)(c3ccccc3)c3ccccc32)cc1. The minimum atomic E-state index is -2.81. The summed E-state index contributed by atoms with van der Waals surface area (Å²) in [6, 6.07) is 94.0. The maximum absolute atomic E-state index is 2.81. The standard InChI is InChI=1S/C54H41N2PSi2/c1-6-24-42(25-7-1)57(55-47-34-16-20-38-51(47)58(43-26-8-2-9-27-43,44-28-10-3-11-29-44)52-39-21-17-35-48(52)55)56-49-36-18-22-40-53(49)59(45-30-12-4-13-31-45,46-32-14-5-15-33-46)54-41-23-19-37-50(54)56/h1-41H. The monoisotopic (exact) mass is 804 g/mol. The van der Waals surface area contributed by atoms with Crippen LogP contribution in [0.2, 0.25) is 0 Å². The average molecular weight is 805 g/mol. The van der Waals surface area contributed by atoms with Crippen LogP contribution in [0.5, 0.6) is 0 Å². The van der Waals surface area contributed by atoms with Crippen molar-refractivity contribution in [1.82, 2.24) is 0 Å². The van der Waals surface area contributed by atoms with Crippen LogP contribution in [-0.4, -0.2) is 16.1 Å². The van der Waals surface area contributed by atoms with E-state index < -0.39 is 24.4 Å². The van der Waals surface area contributed by atoms with E-state index in [1.54, 1.807) is 0 Å². The van der Waals surface area contributed by atoms with Gasteiger partial charge >= 0.3 is 0 Å². The molecule has 59 heavy (non-hydrogen) atoms. The third kappa shape index (κ3) is 5.34. The summed E-state index contributed by atoms with van der Waals surface area (Å²) in [5.74, 6) is 0. The molecule has 2 aliphatic heterocycles. The van der Waals surface area contributed by atoms with Crippen LogP contribution >= 0.6 is 8.22 Å². The molecule has 9 aromatic carbocycles. The zero-order chi connectivity index (χ0) is 39.2. The second-order valence-electron chi connectivity index (χ2n) is 15.3. The Balaban J connectivity index is 1.24. The number of hydrogen-bond donors (Lipinski definition) is 0. The first-order chi connectivity index (χ1) is 29.3. The number of hydrogen-bond acceptors (Lipinski definition) is 2. The minimum absolute atomic E-state index is 1.27. The van der Waals surface area contributed by atoms with E-state index in [0.29, 0.717) is 0 Å². The Morgan fingerprint density at radius 1 is 0.237 bits per heavy atom. The van der Waals surface area contributed by atoms with Gasteiger partial charge in [-0.25, -0.2) is 0 Å². The van der Waals surface area contributed by atoms with Gasteiger partial charge in [-0.2, -0.15) is 0 Å². The molecule has 0 aromatic heterocycles. The molecule has 2 heterocycles. The van der Waals surface area contributed by atoms with E-state index in [2.05, 4.69) is 258 Å². The molecule has 0 unspecified atom stereocenters. The third-order valence-corrected chi connectivity index (χ3v) is 24.4. The fourth-order valence-corrected chi connectivity index (χ4v) is 23.2. The molecule has 0 spiro atoms. The minimum Gasteiger partial charge on any atom is -0.299 e. The van der Waals surface area contributed by atoms with Gasteiger partial charge in [0.1, 0.15) is 8.22 Å². The molecule has 280 valence electrons. The Bertz CT molecular complexity index is 2550. The summed E-state index contributed by atoms with van der Waals surface area (Å²) in [6.45, 7) is 0. The van der Waals surface area contributed by atoms with Crippen molar-refractivity contribution in [1.29, 1.82) is 0 Å². The first-order valence-electron chi connectivity index (χ1n) is 20.4. The molecular weight excluding hydrogens is 764 g/mol. The van der Waals surface area contributed by atoms with Gasteiger partial charge in [0.25, 0.3) is 0 Å². The van der Waals surface area contributed by atoms with Crippen LogP contribution < -0.4 is 56.1 Å². The highest BCUT2D eigenvalue weighted by atomic mass is 31.1. The fraction of sp³-hybridized carbons (Fsp3) is 0. The Hall–Kier alpha value is -6.56. The molecule has 0 aliphatic carbocycles. The van der Waals surface area contributed by atoms with Gasteiger partial charge in [-0.1, -0.05) is 224 Å². The summed E-state index contributed by atoms with van der Waals surface area (Å²) in [6.07, 6.45) is 0. The normalized spacial score (nSPS) is 14.5. The molecule has 5 heteroatoms. The lowest BCUT2D eigenvalue weighted by atomic mass is 10.2. The van der Waals surface area contributed by atoms with Crippen molar-refractivity contribution in [2.75, 3.05) is 9.34 Å². The zero-order valence-corrected chi connectivity index (χ0v) is 35.4. The maximum atomic E-state index is 2.74. The molecule has 0 amide bonds. The van der Waals surface area contributed by atoms with Crippen molar-refractivity contribution in [3.63, 3.8) is 0 Å². The molecule has 0 saturated heterocycles. The molecule has 2 aliphatic rings. The zero-order valence-electron chi connectivity index (χ0n) is 32.5. The van der Waals surface area contributed by atoms with Gasteiger partial charge in [-0.3, -0.25) is 9.34 Å². The lowest BCUT2D eigenvalue weighted by Crippen LogP contribution is -2.78. The van der Waals surface area contributed by atoms with Gasteiger partial charge in [0.05, 0.1) is 0 Å². The predicted molar refractivity (Wildman–Crippen MR) is 257 cm³/mol. The summed E-state index contributed by atoms with van der Waals surface area (Å²) in [5.41, 5.74) is 5.10. The molecule has 0 saturated carbocycles. The summed E-state index contributed by atoms with van der Waals surface area (Å²) < 4.78 is 5.47. The molecule has 11 rings (SSSR count). The molecule has 0 bridgehead atoms. The van der Waals surface area contributed by atoms with Crippen molar-refractivity contribution < 1.29 is 0 Å². The van der Waals surface area contributed by atoms with E-state index >= 15 is 0 Å². The summed E-state index contributed by atoms with van der Waals surface area (Å²) in [5, 5.41) is 12.5. The highest BCUT2D eigenvalue weighted by Gasteiger charge is 2.53. The Morgan fingerprint density at radius 2 is 0.458 bits per heavy atom. The Morgan fingerprint density at radius 3 is 0.729 bits per heavy atom. The van der Waals surface area contributed by atoms with Crippen LogP contribution in [0.25, 0.3) is 0 Å². The quantitative estimate of drug-likeness (QED) is 0.121.